The maximum Gasteiger partial charge on any atom is 0.411 e. The number of hydrogen-bond acceptors (Lipinski definition) is 4. The molecule has 1 aromatic heterocycles. The minimum absolute atomic E-state index is 0.0661. The molecule has 2 atom stereocenters. The molecule has 33 heavy (non-hydrogen) atoms. The van der Waals surface area contributed by atoms with Crippen molar-refractivity contribution in [3.63, 3.8) is 0 Å². The van der Waals surface area contributed by atoms with Crippen LogP contribution in [0.5, 0.6) is 0 Å². The van der Waals surface area contributed by atoms with Gasteiger partial charge in [0.05, 0.1) is 6.04 Å². The predicted molar refractivity (Wildman–Crippen MR) is 122 cm³/mol. The Balaban J connectivity index is 1.52. The van der Waals surface area contributed by atoms with Gasteiger partial charge in [0.15, 0.2) is 0 Å². The zero-order chi connectivity index (χ0) is 23.4. The lowest BCUT2D eigenvalue weighted by Crippen LogP contribution is -2.49. The van der Waals surface area contributed by atoms with Crippen LogP contribution >= 0.6 is 0 Å². The Morgan fingerprint density at radius 2 is 1.73 bits per heavy atom. The van der Waals surface area contributed by atoms with Crippen molar-refractivity contribution in [1.29, 1.82) is 0 Å². The molecule has 6 nitrogen and oxygen atoms in total. The highest BCUT2D eigenvalue weighted by Crippen LogP contribution is 2.40. The van der Waals surface area contributed by atoms with Crippen molar-refractivity contribution in [3.8, 4) is 11.1 Å². The lowest BCUT2D eigenvalue weighted by molar-refractivity contribution is -0.121. The second-order valence-corrected chi connectivity index (χ2v) is 8.31. The van der Waals surface area contributed by atoms with E-state index < -0.39 is 17.6 Å². The van der Waals surface area contributed by atoms with Crippen LogP contribution in [0.2, 0.25) is 0 Å². The Morgan fingerprint density at radius 3 is 2.33 bits per heavy atom. The highest BCUT2D eigenvalue weighted by atomic mass is 19.1. The summed E-state index contributed by atoms with van der Waals surface area (Å²) in [7, 11) is 0. The maximum atomic E-state index is 13.5. The van der Waals surface area contributed by atoms with Crippen LogP contribution in [0, 0.1) is 5.82 Å². The Labute approximate surface area is 192 Å². The Hall–Kier alpha value is -3.74. The van der Waals surface area contributed by atoms with Crippen LogP contribution in [-0.4, -0.2) is 28.4 Å². The second kappa shape index (κ2) is 9.40. The standard InChI is InChI=1S/C26H26FN3O3/c1-18(19-2-4-20(5-3-19)21-11-15-29-16-12-21)30-17-14-26(33-25(30)32,13-10-24(28)31)22-6-8-23(27)9-7-22/h2-9,11-12,15-16,18H,10,13-14,17H2,1H3,(H2,28,31)/t18?,26-/m1/s1. The molecule has 1 saturated heterocycles. The average molecular weight is 448 g/mol. The van der Waals surface area contributed by atoms with E-state index in [2.05, 4.69) is 4.98 Å². The van der Waals surface area contributed by atoms with Crippen molar-refractivity contribution in [2.24, 2.45) is 5.73 Å². The Morgan fingerprint density at radius 1 is 1.09 bits per heavy atom. The first-order chi connectivity index (χ1) is 15.9. The summed E-state index contributed by atoms with van der Waals surface area (Å²) in [5, 5.41) is 0. The molecule has 1 unspecified atom stereocenters. The summed E-state index contributed by atoms with van der Waals surface area (Å²) in [4.78, 5) is 30.3. The molecule has 170 valence electrons. The number of nitrogens with two attached hydrogens (primary N) is 1. The number of ether oxygens (including phenoxy) is 1. The highest BCUT2D eigenvalue weighted by Gasteiger charge is 2.43. The number of halogens is 1. The van der Waals surface area contributed by atoms with E-state index in [1.54, 1.807) is 29.4 Å². The van der Waals surface area contributed by atoms with Gasteiger partial charge >= 0.3 is 6.09 Å². The fraction of sp³-hybridized carbons (Fsp3) is 0.269. The van der Waals surface area contributed by atoms with Gasteiger partial charge in [-0.15, -0.1) is 0 Å². The summed E-state index contributed by atoms with van der Waals surface area (Å²) in [5.41, 5.74) is 8.12. The molecule has 2 heterocycles. The van der Waals surface area contributed by atoms with Crippen LogP contribution in [-0.2, 0) is 15.1 Å². The molecule has 2 N–H and O–H groups in total. The van der Waals surface area contributed by atoms with E-state index >= 15 is 0 Å². The monoisotopic (exact) mass is 447 g/mol. The maximum absolute atomic E-state index is 13.5. The number of aromatic nitrogens is 1. The highest BCUT2D eigenvalue weighted by molar-refractivity contribution is 5.74. The van der Waals surface area contributed by atoms with Gasteiger partial charge in [-0.1, -0.05) is 36.4 Å². The van der Waals surface area contributed by atoms with E-state index in [-0.39, 0.29) is 24.7 Å². The zero-order valence-corrected chi connectivity index (χ0v) is 18.4. The summed E-state index contributed by atoms with van der Waals surface area (Å²) in [6, 6.07) is 17.6. The third kappa shape index (κ3) is 4.87. The van der Waals surface area contributed by atoms with Crippen LogP contribution in [0.3, 0.4) is 0 Å². The van der Waals surface area contributed by atoms with Gasteiger partial charge in [-0.2, -0.15) is 0 Å². The number of cyclic esters (lactones) is 1. The van der Waals surface area contributed by atoms with E-state index in [0.717, 1.165) is 16.7 Å². The molecule has 7 heteroatoms. The molecule has 2 amide bonds. The molecule has 3 aromatic rings. The predicted octanol–water partition coefficient (Wildman–Crippen LogP) is 4.95. The largest absolute Gasteiger partial charge is 0.438 e. The van der Waals surface area contributed by atoms with Crippen molar-refractivity contribution in [1.82, 2.24) is 9.88 Å². The summed E-state index contributed by atoms with van der Waals surface area (Å²) >= 11 is 0. The number of hydrogen-bond donors (Lipinski definition) is 1. The zero-order valence-electron chi connectivity index (χ0n) is 18.4. The van der Waals surface area contributed by atoms with Crippen molar-refractivity contribution in [2.45, 2.75) is 37.8 Å². The molecule has 2 aromatic carbocycles. The fourth-order valence-electron chi connectivity index (χ4n) is 4.30. The number of rotatable bonds is 7. The summed E-state index contributed by atoms with van der Waals surface area (Å²) in [5.74, 6) is -0.853. The van der Waals surface area contributed by atoms with Crippen molar-refractivity contribution in [3.05, 3.63) is 90.0 Å². The number of primary amides is 1. The molecule has 0 spiro atoms. The van der Waals surface area contributed by atoms with Gasteiger partial charge in [0.1, 0.15) is 11.4 Å². The summed E-state index contributed by atoms with van der Waals surface area (Å²) in [6.45, 7) is 2.39. The van der Waals surface area contributed by atoms with Crippen LogP contribution in [0.15, 0.2) is 73.1 Å². The number of pyridine rings is 1. The molecule has 4 rings (SSSR count). The summed E-state index contributed by atoms with van der Waals surface area (Å²) < 4.78 is 19.4. The van der Waals surface area contributed by atoms with E-state index in [1.165, 1.54) is 12.1 Å². The van der Waals surface area contributed by atoms with E-state index in [0.29, 0.717) is 18.5 Å². The fourth-order valence-corrected chi connectivity index (χ4v) is 4.30. The number of carbonyl (C=O) groups excluding carboxylic acids is 2. The molecule has 0 bridgehead atoms. The van der Waals surface area contributed by atoms with Gasteiger partial charge in [0.25, 0.3) is 0 Å². The molecular formula is C26H26FN3O3. The number of amides is 2. The lowest BCUT2D eigenvalue weighted by atomic mass is 9.84. The molecule has 1 aliphatic rings. The van der Waals surface area contributed by atoms with Gasteiger partial charge in [0, 0.05) is 38.2 Å². The molecule has 0 radical (unpaired) electrons. The van der Waals surface area contributed by atoms with Gasteiger partial charge in [-0.3, -0.25) is 9.78 Å². The number of benzene rings is 2. The van der Waals surface area contributed by atoms with Gasteiger partial charge < -0.3 is 15.4 Å². The first-order valence-electron chi connectivity index (χ1n) is 10.9. The molecule has 0 saturated carbocycles. The quantitative estimate of drug-likeness (QED) is 0.555. The first kappa shape index (κ1) is 22.5. The first-order valence-corrected chi connectivity index (χ1v) is 10.9. The van der Waals surface area contributed by atoms with Crippen LogP contribution < -0.4 is 5.73 Å². The van der Waals surface area contributed by atoms with E-state index in [1.807, 2.05) is 43.3 Å². The molecule has 1 fully saturated rings. The molecular weight excluding hydrogens is 421 g/mol. The Bertz CT molecular complexity index is 1120. The van der Waals surface area contributed by atoms with Crippen molar-refractivity contribution >= 4 is 12.0 Å². The minimum atomic E-state index is -1.01. The second-order valence-electron chi connectivity index (χ2n) is 8.31. The van der Waals surface area contributed by atoms with Crippen molar-refractivity contribution < 1.29 is 18.7 Å². The average Bonchev–Trinajstić information content (AvgIpc) is 2.83. The van der Waals surface area contributed by atoms with Crippen LogP contribution in [0.1, 0.15) is 43.4 Å². The summed E-state index contributed by atoms with van der Waals surface area (Å²) in [6.07, 6.45) is 3.82. The number of nitrogens with zero attached hydrogens (tertiary/aromatic N) is 2. The molecule has 0 aliphatic carbocycles. The lowest BCUT2D eigenvalue weighted by Gasteiger charge is -2.43. The van der Waals surface area contributed by atoms with Gasteiger partial charge in [-0.05, 0) is 53.4 Å². The van der Waals surface area contributed by atoms with Crippen LogP contribution in [0.4, 0.5) is 9.18 Å². The third-order valence-corrected chi connectivity index (χ3v) is 6.29. The molecule has 1 aliphatic heterocycles. The SMILES string of the molecule is CC(c1ccc(-c2ccncc2)cc1)N1CC[C@](CCC(N)=O)(c2ccc(F)cc2)OC1=O. The Kier molecular flexibility index (Phi) is 6.40. The van der Waals surface area contributed by atoms with Gasteiger partial charge in [-0.25, -0.2) is 9.18 Å². The van der Waals surface area contributed by atoms with Crippen LogP contribution in [0.25, 0.3) is 11.1 Å². The van der Waals surface area contributed by atoms with Crippen molar-refractivity contribution in [2.75, 3.05) is 6.54 Å². The van der Waals surface area contributed by atoms with Gasteiger partial charge in [0.2, 0.25) is 5.91 Å². The minimum Gasteiger partial charge on any atom is -0.438 e. The smallest absolute Gasteiger partial charge is 0.411 e. The number of carbonyl (C=O) groups is 2. The van der Waals surface area contributed by atoms with E-state index in [4.69, 9.17) is 10.5 Å². The van der Waals surface area contributed by atoms with E-state index in [9.17, 15) is 14.0 Å². The normalized spacial score (nSPS) is 19.1. The third-order valence-electron chi connectivity index (χ3n) is 6.29. The topological polar surface area (TPSA) is 85.5 Å².